The number of thiophene rings is 1. The van der Waals surface area contributed by atoms with Gasteiger partial charge in [-0.3, -0.25) is 9.52 Å². The molecular formula is C17H16N2O4S2. The SMILES string of the molecule is CN(Cc1ccco1)C(=O)c1cccc(NS(=O)(=O)c2cccs2)c1. The normalized spacial score (nSPS) is 11.2. The summed E-state index contributed by atoms with van der Waals surface area (Å²) >= 11 is 1.13. The molecule has 0 radical (unpaired) electrons. The average Bonchev–Trinajstić information content (AvgIpc) is 3.27. The van der Waals surface area contributed by atoms with E-state index in [0.717, 1.165) is 11.3 Å². The van der Waals surface area contributed by atoms with E-state index in [4.69, 9.17) is 4.42 Å². The lowest BCUT2D eigenvalue weighted by molar-refractivity contribution is 0.0775. The van der Waals surface area contributed by atoms with Crippen LogP contribution in [0, 0.1) is 0 Å². The molecule has 1 N–H and O–H groups in total. The minimum Gasteiger partial charge on any atom is -0.467 e. The Balaban J connectivity index is 1.76. The Morgan fingerprint density at radius 3 is 2.72 bits per heavy atom. The number of hydrogen-bond donors (Lipinski definition) is 1. The van der Waals surface area contributed by atoms with Gasteiger partial charge < -0.3 is 9.32 Å². The van der Waals surface area contributed by atoms with E-state index in [1.165, 1.54) is 17.0 Å². The first-order valence-electron chi connectivity index (χ1n) is 7.40. The molecule has 3 rings (SSSR count). The van der Waals surface area contributed by atoms with Crippen LogP contribution in [0.3, 0.4) is 0 Å². The lowest BCUT2D eigenvalue weighted by atomic mass is 10.2. The van der Waals surface area contributed by atoms with Gasteiger partial charge in [0.15, 0.2) is 0 Å². The minimum absolute atomic E-state index is 0.221. The second kappa shape index (κ2) is 7.12. The number of sulfonamides is 1. The van der Waals surface area contributed by atoms with Crippen molar-refractivity contribution in [2.75, 3.05) is 11.8 Å². The summed E-state index contributed by atoms with van der Waals surface area (Å²) in [7, 11) is -1.99. The fraction of sp³-hybridized carbons (Fsp3) is 0.118. The largest absolute Gasteiger partial charge is 0.467 e. The van der Waals surface area contributed by atoms with Gasteiger partial charge in [0.2, 0.25) is 0 Å². The zero-order valence-electron chi connectivity index (χ0n) is 13.4. The highest BCUT2D eigenvalue weighted by Crippen LogP contribution is 2.21. The highest BCUT2D eigenvalue weighted by Gasteiger charge is 2.17. The van der Waals surface area contributed by atoms with Crippen LogP contribution >= 0.6 is 11.3 Å². The summed E-state index contributed by atoms with van der Waals surface area (Å²) in [4.78, 5) is 14.0. The molecule has 0 aliphatic carbocycles. The summed E-state index contributed by atoms with van der Waals surface area (Å²) in [5.41, 5.74) is 0.728. The quantitative estimate of drug-likeness (QED) is 0.715. The lowest BCUT2D eigenvalue weighted by Crippen LogP contribution is -2.26. The molecule has 25 heavy (non-hydrogen) atoms. The standard InChI is InChI=1S/C17H16N2O4S2/c1-19(12-15-7-3-9-23-15)17(20)13-5-2-6-14(11-13)18-25(21,22)16-8-4-10-24-16/h2-11,18H,12H2,1H3. The molecule has 1 amide bonds. The molecule has 2 aromatic heterocycles. The van der Waals surface area contributed by atoms with Crippen molar-refractivity contribution in [3.63, 3.8) is 0 Å². The number of carbonyl (C=O) groups excluding carboxylic acids is 1. The molecule has 3 aromatic rings. The molecule has 0 bridgehead atoms. The van der Waals surface area contributed by atoms with Crippen LogP contribution < -0.4 is 4.72 Å². The van der Waals surface area contributed by atoms with Gasteiger partial charge in [-0.2, -0.15) is 0 Å². The van der Waals surface area contributed by atoms with Crippen LogP contribution in [0.2, 0.25) is 0 Å². The summed E-state index contributed by atoms with van der Waals surface area (Å²) in [6, 6.07) is 13.1. The molecule has 0 aliphatic rings. The molecule has 1 aromatic carbocycles. The van der Waals surface area contributed by atoms with E-state index in [-0.39, 0.29) is 10.1 Å². The number of furan rings is 1. The molecule has 0 saturated carbocycles. The zero-order valence-corrected chi connectivity index (χ0v) is 15.0. The Bertz CT molecular complexity index is 948. The number of benzene rings is 1. The van der Waals surface area contributed by atoms with Gasteiger partial charge in [0.05, 0.1) is 12.8 Å². The van der Waals surface area contributed by atoms with Crippen LogP contribution in [0.4, 0.5) is 5.69 Å². The number of rotatable bonds is 6. The molecule has 0 fully saturated rings. The van der Waals surface area contributed by atoms with Crippen LogP contribution in [-0.2, 0) is 16.6 Å². The van der Waals surface area contributed by atoms with Crippen LogP contribution in [0.1, 0.15) is 16.1 Å². The Morgan fingerprint density at radius 1 is 1.20 bits per heavy atom. The van der Waals surface area contributed by atoms with Crippen molar-refractivity contribution in [2.24, 2.45) is 0 Å². The van der Waals surface area contributed by atoms with Crippen LogP contribution in [0.25, 0.3) is 0 Å². The van der Waals surface area contributed by atoms with E-state index in [9.17, 15) is 13.2 Å². The number of nitrogens with one attached hydrogen (secondary N) is 1. The van der Waals surface area contributed by atoms with E-state index in [2.05, 4.69) is 4.72 Å². The highest BCUT2D eigenvalue weighted by molar-refractivity contribution is 7.94. The number of nitrogens with zero attached hydrogens (tertiary/aromatic N) is 1. The van der Waals surface area contributed by atoms with E-state index < -0.39 is 10.0 Å². The fourth-order valence-corrected chi connectivity index (χ4v) is 4.31. The predicted molar refractivity (Wildman–Crippen MR) is 96.1 cm³/mol. The topological polar surface area (TPSA) is 79.6 Å². The van der Waals surface area contributed by atoms with Gasteiger partial charge in [-0.05, 0) is 41.8 Å². The van der Waals surface area contributed by atoms with Gasteiger partial charge >= 0.3 is 0 Å². The van der Waals surface area contributed by atoms with Gasteiger partial charge in [0, 0.05) is 18.3 Å². The van der Waals surface area contributed by atoms with Crippen LogP contribution in [0.15, 0.2) is 68.8 Å². The first kappa shape index (κ1) is 17.2. The van der Waals surface area contributed by atoms with E-state index in [0.29, 0.717) is 23.6 Å². The van der Waals surface area contributed by atoms with Gasteiger partial charge in [-0.1, -0.05) is 12.1 Å². The van der Waals surface area contributed by atoms with Gasteiger partial charge in [0.25, 0.3) is 15.9 Å². The first-order valence-corrected chi connectivity index (χ1v) is 9.76. The summed E-state index contributed by atoms with van der Waals surface area (Å²) in [5.74, 6) is 0.443. The molecule has 2 heterocycles. The summed E-state index contributed by atoms with van der Waals surface area (Å²) in [5, 5.41) is 1.69. The van der Waals surface area contributed by atoms with Gasteiger partial charge in [-0.15, -0.1) is 11.3 Å². The summed E-state index contributed by atoms with van der Waals surface area (Å²) < 4.78 is 32.5. The molecular weight excluding hydrogens is 360 g/mol. The highest BCUT2D eigenvalue weighted by atomic mass is 32.2. The van der Waals surface area contributed by atoms with E-state index >= 15 is 0 Å². The third-order valence-corrected chi connectivity index (χ3v) is 6.22. The van der Waals surface area contributed by atoms with Crippen LogP contribution in [-0.4, -0.2) is 26.3 Å². The van der Waals surface area contributed by atoms with Crippen molar-refractivity contribution in [3.8, 4) is 0 Å². The monoisotopic (exact) mass is 376 g/mol. The third-order valence-electron chi connectivity index (χ3n) is 3.44. The molecule has 0 spiro atoms. The number of amides is 1. The first-order chi connectivity index (χ1) is 12.0. The van der Waals surface area contributed by atoms with Crippen molar-refractivity contribution in [2.45, 2.75) is 10.8 Å². The number of carbonyl (C=O) groups is 1. The van der Waals surface area contributed by atoms with Crippen molar-refractivity contribution in [1.82, 2.24) is 4.90 Å². The van der Waals surface area contributed by atoms with Crippen LogP contribution in [0.5, 0.6) is 0 Å². The molecule has 0 saturated heterocycles. The maximum Gasteiger partial charge on any atom is 0.271 e. The second-order valence-corrected chi connectivity index (χ2v) is 8.22. The average molecular weight is 376 g/mol. The van der Waals surface area contributed by atoms with Crippen molar-refractivity contribution in [3.05, 3.63) is 71.5 Å². The molecule has 0 unspecified atom stereocenters. The Kier molecular flexibility index (Phi) is 4.91. The molecule has 130 valence electrons. The Hall–Kier alpha value is -2.58. The van der Waals surface area contributed by atoms with E-state index in [1.54, 1.807) is 55.1 Å². The molecule has 8 heteroatoms. The predicted octanol–water partition coefficient (Wildman–Crippen LogP) is 3.41. The third kappa shape index (κ3) is 4.09. The fourth-order valence-electron chi connectivity index (χ4n) is 2.27. The zero-order chi connectivity index (χ0) is 17.9. The molecule has 6 nitrogen and oxygen atoms in total. The molecule has 0 atom stereocenters. The molecule has 0 aliphatic heterocycles. The van der Waals surface area contributed by atoms with E-state index in [1.807, 2.05) is 0 Å². The Labute approximate surface area is 149 Å². The second-order valence-electron chi connectivity index (χ2n) is 5.36. The van der Waals surface area contributed by atoms with Gasteiger partial charge in [0.1, 0.15) is 9.97 Å². The number of hydrogen-bond acceptors (Lipinski definition) is 5. The number of anilines is 1. The van der Waals surface area contributed by atoms with Crippen molar-refractivity contribution < 1.29 is 17.6 Å². The lowest BCUT2D eigenvalue weighted by Gasteiger charge is -2.16. The summed E-state index contributed by atoms with van der Waals surface area (Å²) in [6.45, 7) is 0.330. The maximum absolute atomic E-state index is 12.5. The van der Waals surface area contributed by atoms with Crippen molar-refractivity contribution >= 4 is 33.0 Å². The van der Waals surface area contributed by atoms with Gasteiger partial charge in [-0.25, -0.2) is 8.42 Å². The minimum atomic E-state index is -3.65. The smallest absolute Gasteiger partial charge is 0.271 e. The Morgan fingerprint density at radius 2 is 2.04 bits per heavy atom. The maximum atomic E-state index is 12.5. The summed E-state index contributed by atoms with van der Waals surface area (Å²) in [6.07, 6.45) is 1.55. The van der Waals surface area contributed by atoms with Crippen molar-refractivity contribution in [1.29, 1.82) is 0 Å².